The molecule has 3 aromatic carbocycles. The van der Waals surface area contributed by atoms with Gasteiger partial charge in [0.25, 0.3) is 5.56 Å². The highest BCUT2D eigenvalue weighted by Gasteiger charge is 2.17. The molecule has 0 N–H and O–H groups in total. The van der Waals surface area contributed by atoms with Crippen molar-refractivity contribution in [1.82, 2.24) is 9.66 Å². The number of benzene rings is 3. The summed E-state index contributed by atoms with van der Waals surface area (Å²) in [5.41, 5.74) is 1.32. The number of hydrogen-bond donors (Lipinski definition) is 0. The van der Waals surface area contributed by atoms with Crippen molar-refractivity contribution in [2.24, 2.45) is 5.10 Å². The smallest absolute Gasteiger partial charge is 0.344 e. The van der Waals surface area contributed by atoms with Crippen molar-refractivity contribution in [3.8, 4) is 23.1 Å². The van der Waals surface area contributed by atoms with Crippen molar-refractivity contribution < 1.29 is 23.4 Å². The summed E-state index contributed by atoms with van der Waals surface area (Å²) < 4.78 is 23.7. The molecule has 0 fully saturated rings. The van der Waals surface area contributed by atoms with E-state index in [0.717, 1.165) is 5.39 Å². The highest BCUT2D eigenvalue weighted by atomic mass is 79.9. The average Bonchev–Trinajstić information content (AvgIpc) is 3.34. The Morgan fingerprint density at radius 3 is 2.79 bits per heavy atom. The molecule has 0 radical (unpaired) electrons. The van der Waals surface area contributed by atoms with Crippen LogP contribution in [0.4, 0.5) is 0 Å². The van der Waals surface area contributed by atoms with Crippen LogP contribution in [0.3, 0.4) is 0 Å². The van der Waals surface area contributed by atoms with Crippen LogP contribution in [0, 0.1) is 0 Å². The molecule has 0 unspecified atom stereocenters. The van der Waals surface area contributed by atoms with Crippen LogP contribution >= 0.6 is 27.5 Å². The number of para-hydroxylation sites is 1. The molecule has 0 saturated carbocycles. The molecule has 0 bridgehead atoms. The molecule has 198 valence electrons. The van der Waals surface area contributed by atoms with Gasteiger partial charge in [0.15, 0.2) is 23.9 Å². The molecule has 0 spiro atoms. The van der Waals surface area contributed by atoms with Crippen LogP contribution in [0.25, 0.3) is 33.5 Å². The maximum atomic E-state index is 13.5. The molecule has 0 amide bonds. The molecule has 0 aliphatic carbocycles. The van der Waals surface area contributed by atoms with Crippen molar-refractivity contribution in [2.75, 3.05) is 20.3 Å². The molecule has 0 saturated heterocycles. The third-order valence-corrected chi connectivity index (χ3v) is 6.49. The first-order chi connectivity index (χ1) is 18.9. The molecular formula is C28H21BrClN3O6. The number of esters is 1. The molecular weight excluding hydrogens is 590 g/mol. The highest BCUT2D eigenvalue weighted by molar-refractivity contribution is 9.10. The van der Waals surface area contributed by atoms with Gasteiger partial charge in [0, 0.05) is 10.4 Å². The van der Waals surface area contributed by atoms with Crippen molar-refractivity contribution in [3.63, 3.8) is 0 Å². The quantitative estimate of drug-likeness (QED) is 0.155. The number of ether oxygens (including phenoxy) is 3. The van der Waals surface area contributed by atoms with E-state index in [0.29, 0.717) is 48.8 Å². The Morgan fingerprint density at radius 1 is 1.18 bits per heavy atom. The number of rotatable bonds is 8. The number of fused-ring (bicyclic) bond motifs is 2. The lowest BCUT2D eigenvalue weighted by atomic mass is 10.2. The third kappa shape index (κ3) is 5.52. The number of methoxy groups -OCH3 is 1. The SMILES string of the molecule is CCOC(=O)COc1c(Br)cc(C=Nn2c(-c3cc4cc(Cl)ccc4o3)nc3ccccc3c2=O)cc1OC. The van der Waals surface area contributed by atoms with Crippen LogP contribution in [0.15, 0.2) is 79.4 Å². The van der Waals surface area contributed by atoms with E-state index in [9.17, 15) is 9.59 Å². The van der Waals surface area contributed by atoms with Gasteiger partial charge >= 0.3 is 5.97 Å². The van der Waals surface area contributed by atoms with Gasteiger partial charge in [-0.05, 0) is 76.9 Å². The standard InChI is InChI=1S/C28H21BrClN3O6/c1-3-37-25(34)15-38-26-20(29)10-16(11-23(26)36-2)14-31-33-27(32-21-7-5-4-6-19(21)28(33)35)24-13-17-12-18(30)8-9-22(17)39-24/h4-14H,3,15H2,1-2H3. The number of halogens is 2. The van der Waals surface area contributed by atoms with Crippen molar-refractivity contribution >= 4 is 61.6 Å². The van der Waals surface area contributed by atoms with Gasteiger partial charge in [0.05, 0.1) is 35.3 Å². The number of carbonyl (C=O) groups is 1. The summed E-state index contributed by atoms with van der Waals surface area (Å²) >= 11 is 9.59. The highest BCUT2D eigenvalue weighted by Crippen LogP contribution is 2.36. The van der Waals surface area contributed by atoms with Crippen LogP contribution in [0.2, 0.25) is 5.02 Å². The van der Waals surface area contributed by atoms with E-state index >= 15 is 0 Å². The van der Waals surface area contributed by atoms with E-state index in [1.165, 1.54) is 18.0 Å². The van der Waals surface area contributed by atoms with E-state index in [1.54, 1.807) is 67.6 Å². The molecule has 0 aliphatic heterocycles. The predicted octanol–water partition coefficient (Wildman–Crippen LogP) is 6.06. The average molecular weight is 611 g/mol. The Balaban J connectivity index is 1.57. The van der Waals surface area contributed by atoms with Crippen molar-refractivity contribution in [1.29, 1.82) is 0 Å². The summed E-state index contributed by atoms with van der Waals surface area (Å²) in [5, 5.41) is 6.20. The van der Waals surface area contributed by atoms with Gasteiger partial charge in [0.2, 0.25) is 5.82 Å². The number of nitrogens with zero attached hydrogens (tertiary/aromatic N) is 3. The van der Waals surface area contributed by atoms with Gasteiger partial charge in [-0.25, -0.2) is 9.78 Å². The lowest BCUT2D eigenvalue weighted by Crippen LogP contribution is -2.20. The molecule has 5 aromatic rings. The van der Waals surface area contributed by atoms with E-state index in [-0.39, 0.29) is 24.6 Å². The van der Waals surface area contributed by atoms with Crippen LogP contribution in [0.5, 0.6) is 11.5 Å². The van der Waals surface area contributed by atoms with Gasteiger partial charge in [-0.2, -0.15) is 9.78 Å². The summed E-state index contributed by atoms with van der Waals surface area (Å²) in [6.07, 6.45) is 1.49. The minimum absolute atomic E-state index is 0.225. The summed E-state index contributed by atoms with van der Waals surface area (Å²) in [6.45, 7) is 1.69. The number of furan rings is 1. The second-order valence-corrected chi connectivity index (χ2v) is 9.53. The minimum atomic E-state index is -0.499. The van der Waals surface area contributed by atoms with Gasteiger partial charge < -0.3 is 18.6 Å². The van der Waals surface area contributed by atoms with E-state index in [4.69, 9.17) is 30.2 Å². The second-order valence-electron chi connectivity index (χ2n) is 8.23. The Kier molecular flexibility index (Phi) is 7.67. The summed E-state index contributed by atoms with van der Waals surface area (Å²) in [4.78, 5) is 29.9. The summed E-state index contributed by atoms with van der Waals surface area (Å²) in [5.74, 6) is 0.763. The van der Waals surface area contributed by atoms with Gasteiger partial charge in [-0.1, -0.05) is 23.7 Å². The summed E-state index contributed by atoms with van der Waals surface area (Å²) in [7, 11) is 1.48. The second kappa shape index (κ2) is 11.3. The van der Waals surface area contributed by atoms with Gasteiger partial charge in [-0.15, -0.1) is 0 Å². The fourth-order valence-electron chi connectivity index (χ4n) is 3.93. The number of aromatic nitrogens is 2. The first-order valence-electron chi connectivity index (χ1n) is 11.8. The molecule has 39 heavy (non-hydrogen) atoms. The molecule has 11 heteroatoms. The minimum Gasteiger partial charge on any atom is -0.493 e. The third-order valence-electron chi connectivity index (χ3n) is 5.67. The lowest BCUT2D eigenvalue weighted by Gasteiger charge is -2.13. The normalized spacial score (nSPS) is 11.4. The van der Waals surface area contributed by atoms with E-state index in [1.807, 2.05) is 0 Å². The van der Waals surface area contributed by atoms with Crippen LogP contribution in [-0.4, -0.2) is 42.2 Å². The lowest BCUT2D eigenvalue weighted by molar-refractivity contribution is -0.145. The number of hydrogen-bond acceptors (Lipinski definition) is 8. The van der Waals surface area contributed by atoms with Crippen LogP contribution in [-0.2, 0) is 9.53 Å². The molecule has 0 atom stereocenters. The predicted molar refractivity (Wildman–Crippen MR) is 152 cm³/mol. The first kappa shape index (κ1) is 26.5. The number of carbonyl (C=O) groups excluding carboxylic acids is 1. The van der Waals surface area contributed by atoms with Crippen molar-refractivity contribution in [2.45, 2.75) is 6.92 Å². The zero-order chi connectivity index (χ0) is 27.5. The molecule has 2 heterocycles. The van der Waals surface area contributed by atoms with Gasteiger partial charge in [-0.3, -0.25) is 4.79 Å². The van der Waals surface area contributed by atoms with Crippen LogP contribution in [0.1, 0.15) is 12.5 Å². The van der Waals surface area contributed by atoms with E-state index in [2.05, 4.69) is 26.0 Å². The van der Waals surface area contributed by atoms with Gasteiger partial charge in [0.1, 0.15) is 5.58 Å². The largest absolute Gasteiger partial charge is 0.493 e. The van der Waals surface area contributed by atoms with E-state index < -0.39 is 5.97 Å². The monoisotopic (exact) mass is 609 g/mol. The fourth-order valence-corrected chi connectivity index (χ4v) is 4.68. The fraction of sp³-hybridized carbons (Fsp3) is 0.143. The Morgan fingerprint density at radius 2 is 2.00 bits per heavy atom. The molecule has 9 nitrogen and oxygen atoms in total. The van der Waals surface area contributed by atoms with Crippen LogP contribution < -0.4 is 15.0 Å². The Labute approximate surface area is 235 Å². The molecule has 0 aliphatic rings. The molecule has 5 rings (SSSR count). The van der Waals surface area contributed by atoms with Crippen molar-refractivity contribution in [3.05, 3.63) is 86.1 Å². The summed E-state index contributed by atoms with van der Waals surface area (Å²) in [6, 6.07) is 17.4. The molecule has 2 aromatic heterocycles. The maximum Gasteiger partial charge on any atom is 0.344 e. The first-order valence-corrected chi connectivity index (χ1v) is 13.0. The zero-order valence-corrected chi connectivity index (χ0v) is 23.2. The Bertz CT molecular complexity index is 1800. The Hall–Kier alpha value is -4.15. The zero-order valence-electron chi connectivity index (χ0n) is 20.8. The maximum absolute atomic E-state index is 13.5. The topological polar surface area (TPSA) is 105 Å².